The molecule has 0 saturated heterocycles. The van der Waals surface area contributed by atoms with Gasteiger partial charge in [-0.3, -0.25) is 0 Å². The number of fused-ring (bicyclic) bond motifs is 1. The monoisotopic (exact) mass is 152 g/mol. The summed E-state index contributed by atoms with van der Waals surface area (Å²) >= 11 is 0. The topological polar surface area (TPSA) is 20.2 Å². The molecule has 11 heavy (non-hydrogen) atoms. The van der Waals surface area contributed by atoms with Gasteiger partial charge in [0.2, 0.25) is 0 Å². The normalized spacial score (nSPS) is 39.8. The lowest BCUT2D eigenvalue weighted by Gasteiger charge is -2.04. The van der Waals surface area contributed by atoms with Gasteiger partial charge in [0, 0.05) is 0 Å². The Balaban J connectivity index is 2.09. The van der Waals surface area contributed by atoms with Crippen molar-refractivity contribution >= 4 is 0 Å². The van der Waals surface area contributed by atoms with E-state index in [1.54, 1.807) is 5.57 Å². The van der Waals surface area contributed by atoms with Crippen molar-refractivity contribution in [1.29, 1.82) is 0 Å². The minimum atomic E-state index is 0.280. The third-order valence-electron chi connectivity index (χ3n) is 3.19. The molecule has 0 heterocycles. The molecule has 2 aliphatic carbocycles. The predicted molar refractivity (Wildman–Crippen MR) is 45.2 cm³/mol. The lowest BCUT2D eigenvalue weighted by atomic mass is 10.0. The highest BCUT2D eigenvalue weighted by Crippen LogP contribution is 2.56. The van der Waals surface area contributed by atoms with Gasteiger partial charge < -0.3 is 5.11 Å². The Morgan fingerprint density at radius 2 is 1.91 bits per heavy atom. The van der Waals surface area contributed by atoms with Crippen LogP contribution < -0.4 is 0 Å². The van der Waals surface area contributed by atoms with E-state index in [1.165, 1.54) is 31.3 Å². The summed E-state index contributed by atoms with van der Waals surface area (Å²) in [5, 5.41) is 8.93. The number of aliphatic hydroxyl groups is 1. The standard InChI is InChI=1S/C10H16O/c1-7(6-11)10-8-4-2-3-5-9(8)10/h8-9,11H,2-6H2,1H3/t8-,9+. The number of rotatable bonds is 1. The number of hydrogen-bond donors (Lipinski definition) is 1. The van der Waals surface area contributed by atoms with Crippen LogP contribution in [0.2, 0.25) is 0 Å². The molecule has 0 unspecified atom stereocenters. The van der Waals surface area contributed by atoms with Crippen molar-refractivity contribution in [3.8, 4) is 0 Å². The van der Waals surface area contributed by atoms with E-state index in [4.69, 9.17) is 5.11 Å². The highest BCUT2D eigenvalue weighted by molar-refractivity contribution is 5.35. The lowest BCUT2D eigenvalue weighted by molar-refractivity contribution is 0.330. The van der Waals surface area contributed by atoms with E-state index in [0.29, 0.717) is 0 Å². The van der Waals surface area contributed by atoms with Gasteiger partial charge in [0.15, 0.2) is 0 Å². The highest BCUT2D eigenvalue weighted by atomic mass is 16.3. The predicted octanol–water partition coefficient (Wildman–Crippen LogP) is 2.12. The first-order chi connectivity index (χ1) is 5.34. The van der Waals surface area contributed by atoms with E-state index in [0.717, 1.165) is 11.8 Å². The summed E-state index contributed by atoms with van der Waals surface area (Å²) in [5.41, 5.74) is 2.85. The average Bonchev–Trinajstić information content (AvgIpc) is 2.77. The summed E-state index contributed by atoms with van der Waals surface area (Å²) in [4.78, 5) is 0. The van der Waals surface area contributed by atoms with Gasteiger partial charge in [-0.05, 0) is 37.2 Å². The van der Waals surface area contributed by atoms with Crippen LogP contribution in [0.1, 0.15) is 32.6 Å². The maximum atomic E-state index is 8.93. The summed E-state index contributed by atoms with van der Waals surface area (Å²) in [5.74, 6) is 1.77. The van der Waals surface area contributed by atoms with Gasteiger partial charge in [-0.2, -0.15) is 0 Å². The van der Waals surface area contributed by atoms with Gasteiger partial charge in [-0.15, -0.1) is 0 Å². The molecule has 0 aromatic heterocycles. The SMILES string of the molecule is CC(CO)=C1[C@H]2CCCC[C@@H]12. The summed E-state index contributed by atoms with van der Waals surface area (Å²) < 4.78 is 0. The number of aliphatic hydroxyl groups excluding tert-OH is 1. The molecule has 1 N–H and O–H groups in total. The zero-order valence-corrected chi connectivity index (χ0v) is 7.14. The second-order valence-electron chi connectivity index (χ2n) is 3.89. The van der Waals surface area contributed by atoms with E-state index in [1.807, 2.05) is 0 Å². The van der Waals surface area contributed by atoms with Crippen molar-refractivity contribution in [1.82, 2.24) is 0 Å². The van der Waals surface area contributed by atoms with Gasteiger partial charge in [0.05, 0.1) is 6.61 Å². The average molecular weight is 152 g/mol. The number of allylic oxidation sites excluding steroid dienone is 1. The van der Waals surface area contributed by atoms with Crippen molar-refractivity contribution in [3.63, 3.8) is 0 Å². The van der Waals surface area contributed by atoms with Gasteiger partial charge in [-0.25, -0.2) is 0 Å². The van der Waals surface area contributed by atoms with E-state index >= 15 is 0 Å². The first-order valence-electron chi connectivity index (χ1n) is 4.65. The molecule has 0 aliphatic heterocycles. The largest absolute Gasteiger partial charge is 0.392 e. The molecule has 2 rings (SSSR count). The third kappa shape index (κ3) is 1.12. The van der Waals surface area contributed by atoms with Crippen LogP contribution in [-0.4, -0.2) is 11.7 Å². The molecule has 0 aromatic carbocycles. The quantitative estimate of drug-likeness (QED) is 0.570. The van der Waals surface area contributed by atoms with Crippen LogP contribution in [0, 0.1) is 11.8 Å². The zero-order valence-electron chi connectivity index (χ0n) is 7.14. The van der Waals surface area contributed by atoms with E-state index in [2.05, 4.69) is 6.92 Å². The summed E-state index contributed by atoms with van der Waals surface area (Å²) in [6, 6.07) is 0. The Hall–Kier alpha value is -0.300. The Labute approximate surface area is 68.1 Å². The summed E-state index contributed by atoms with van der Waals surface area (Å²) in [7, 11) is 0. The summed E-state index contributed by atoms with van der Waals surface area (Å²) in [6.07, 6.45) is 5.58. The van der Waals surface area contributed by atoms with Gasteiger partial charge >= 0.3 is 0 Å². The lowest BCUT2D eigenvalue weighted by Crippen LogP contribution is -1.91. The Bertz CT molecular complexity index is 179. The third-order valence-corrected chi connectivity index (χ3v) is 3.19. The van der Waals surface area contributed by atoms with Crippen molar-refractivity contribution in [2.24, 2.45) is 11.8 Å². The maximum absolute atomic E-state index is 8.93. The Kier molecular flexibility index (Phi) is 1.76. The highest BCUT2D eigenvalue weighted by Gasteiger charge is 2.45. The summed E-state index contributed by atoms with van der Waals surface area (Å²) in [6.45, 7) is 2.36. The molecule has 0 spiro atoms. The second-order valence-corrected chi connectivity index (χ2v) is 3.89. The molecule has 2 aliphatic rings. The van der Waals surface area contributed by atoms with Crippen LogP contribution in [0.15, 0.2) is 11.1 Å². The van der Waals surface area contributed by atoms with Crippen molar-refractivity contribution in [2.45, 2.75) is 32.6 Å². The van der Waals surface area contributed by atoms with Crippen molar-refractivity contribution in [3.05, 3.63) is 11.1 Å². The van der Waals surface area contributed by atoms with Gasteiger partial charge in [0.25, 0.3) is 0 Å². The Morgan fingerprint density at radius 3 is 2.36 bits per heavy atom. The molecule has 0 amide bonds. The van der Waals surface area contributed by atoms with Crippen molar-refractivity contribution < 1.29 is 5.11 Å². The van der Waals surface area contributed by atoms with Crippen LogP contribution in [-0.2, 0) is 0 Å². The second kappa shape index (κ2) is 2.63. The van der Waals surface area contributed by atoms with Crippen molar-refractivity contribution in [2.75, 3.05) is 6.61 Å². The van der Waals surface area contributed by atoms with Crippen LogP contribution in [0.3, 0.4) is 0 Å². The first kappa shape index (κ1) is 7.35. The molecule has 2 atom stereocenters. The molecule has 0 aromatic rings. The zero-order chi connectivity index (χ0) is 7.84. The molecular formula is C10H16O. The van der Waals surface area contributed by atoms with E-state index in [9.17, 15) is 0 Å². The van der Waals surface area contributed by atoms with Crippen LogP contribution in [0.4, 0.5) is 0 Å². The minimum Gasteiger partial charge on any atom is -0.392 e. The maximum Gasteiger partial charge on any atom is 0.0641 e. The van der Waals surface area contributed by atoms with Gasteiger partial charge in [-0.1, -0.05) is 18.4 Å². The number of hydrogen-bond acceptors (Lipinski definition) is 1. The van der Waals surface area contributed by atoms with Crippen LogP contribution in [0.5, 0.6) is 0 Å². The first-order valence-corrected chi connectivity index (χ1v) is 4.65. The molecule has 2 saturated carbocycles. The fourth-order valence-electron chi connectivity index (χ4n) is 2.55. The molecule has 62 valence electrons. The van der Waals surface area contributed by atoms with Gasteiger partial charge in [0.1, 0.15) is 0 Å². The molecule has 0 bridgehead atoms. The smallest absolute Gasteiger partial charge is 0.0641 e. The Morgan fingerprint density at radius 1 is 1.36 bits per heavy atom. The fraction of sp³-hybridized carbons (Fsp3) is 0.800. The minimum absolute atomic E-state index is 0.280. The van der Waals surface area contributed by atoms with E-state index in [-0.39, 0.29) is 6.61 Å². The van der Waals surface area contributed by atoms with Crippen LogP contribution in [0.25, 0.3) is 0 Å². The molecular weight excluding hydrogens is 136 g/mol. The molecule has 0 radical (unpaired) electrons. The fourth-order valence-corrected chi connectivity index (χ4v) is 2.55. The molecule has 1 nitrogen and oxygen atoms in total. The van der Waals surface area contributed by atoms with E-state index < -0.39 is 0 Å². The molecule has 2 fully saturated rings. The molecule has 1 heteroatoms. The van der Waals surface area contributed by atoms with Crippen LogP contribution >= 0.6 is 0 Å².